The molecule has 7 nitrogen and oxygen atoms in total. The van der Waals surface area contributed by atoms with E-state index in [1.54, 1.807) is 18.2 Å². The lowest BCUT2D eigenvalue weighted by atomic mass is 9.97. The van der Waals surface area contributed by atoms with Crippen LogP contribution in [0.4, 0.5) is 5.69 Å². The van der Waals surface area contributed by atoms with E-state index < -0.39 is 11.0 Å². The summed E-state index contributed by atoms with van der Waals surface area (Å²) in [6.07, 6.45) is -0.0744. The number of benzene rings is 2. The number of non-ortho nitro benzene ring substituents is 1. The number of nitrogens with one attached hydrogen (secondary N) is 1. The van der Waals surface area contributed by atoms with Crippen LogP contribution in [0.2, 0.25) is 0 Å². The van der Waals surface area contributed by atoms with Crippen molar-refractivity contribution in [1.29, 1.82) is 0 Å². The van der Waals surface area contributed by atoms with Crippen LogP contribution in [0.15, 0.2) is 48.5 Å². The fraction of sp³-hybridized carbons (Fsp3) is 0.176. The van der Waals surface area contributed by atoms with Crippen LogP contribution in [-0.2, 0) is 4.79 Å². The van der Waals surface area contributed by atoms with Gasteiger partial charge in [0.15, 0.2) is 5.78 Å². The van der Waals surface area contributed by atoms with Gasteiger partial charge in [0.25, 0.3) is 5.69 Å². The molecule has 2 rings (SSSR count). The van der Waals surface area contributed by atoms with Crippen molar-refractivity contribution in [2.45, 2.75) is 19.4 Å². The first kappa shape index (κ1) is 17.1. The summed E-state index contributed by atoms with van der Waals surface area (Å²) in [5.41, 5.74) is 0.625. The van der Waals surface area contributed by atoms with E-state index in [9.17, 15) is 24.8 Å². The standard InChI is InChI=1S/C17H16N2O5/c1-11(20)18-15(14-4-2-3-5-16(14)21)10-17(22)12-6-8-13(9-7-12)19(23)24/h2-9,15,21H,10H2,1H3,(H,18,20). The molecular formula is C17H16N2O5. The average Bonchev–Trinajstić information content (AvgIpc) is 2.54. The molecule has 2 aromatic rings. The second kappa shape index (κ2) is 7.36. The van der Waals surface area contributed by atoms with Crippen molar-refractivity contribution < 1.29 is 19.6 Å². The molecular weight excluding hydrogens is 312 g/mol. The minimum absolute atomic E-state index is 0.0206. The average molecular weight is 328 g/mol. The molecule has 0 spiro atoms. The summed E-state index contributed by atoms with van der Waals surface area (Å²) in [7, 11) is 0. The summed E-state index contributed by atoms with van der Waals surface area (Å²) in [4.78, 5) is 33.9. The van der Waals surface area contributed by atoms with E-state index in [1.807, 2.05) is 0 Å². The Labute approximate surface area is 138 Å². The molecule has 24 heavy (non-hydrogen) atoms. The third-order valence-electron chi connectivity index (χ3n) is 3.48. The summed E-state index contributed by atoms with van der Waals surface area (Å²) >= 11 is 0. The van der Waals surface area contributed by atoms with E-state index in [1.165, 1.54) is 37.3 Å². The molecule has 0 radical (unpaired) electrons. The number of hydrogen-bond donors (Lipinski definition) is 2. The number of nitrogens with zero attached hydrogens (tertiary/aromatic N) is 1. The molecule has 0 aliphatic rings. The lowest BCUT2D eigenvalue weighted by Gasteiger charge is -2.18. The van der Waals surface area contributed by atoms with Crippen molar-refractivity contribution in [3.63, 3.8) is 0 Å². The Morgan fingerprint density at radius 3 is 2.33 bits per heavy atom. The van der Waals surface area contributed by atoms with Crippen LogP contribution in [0, 0.1) is 10.1 Å². The van der Waals surface area contributed by atoms with Gasteiger partial charge in [0.05, 0.1) is 11.0 Å². The van der Waals surface area contributed by atoms with Crippen molar-refractivity contribution in [3.05, 3.63) is 69.8 Å². The van der Waals surface area contributed by atoms with Crippen molar-refractivity contribution in [2.24, 2.45) is 0 Å². The van der Waals surface area contributed by atoms with Crippen molar-refractivity contribution in [3.8, 4) is 5.75 Å². The van der Waals surface area contributed by atoms with Crippen LogP contribution in [0.1, 0.15) is 35.3 Å². The highest BCUT2D eigenvalue weighted by molar-refractivity contribution is 5.97. The molecule has 7 heteroatoms. The predicted molar refractivity (Wildman–Crippen MR) is 86.7 cm³/mol. The smallest absolute Gasteiger partial charge is 0.269 e. The maximum atomic E-state index is 12.4. The molecule has 0 fully saturated rings. The van der Waals surface area contributed by atoms with E-state index >= 15 is 0 Å². The Balaban J connectivity index is 2.22. The van der Waals surface area contributed by atoms with Crippen LogP contribution in [0.5, 0.6) is 5.75 Å². The van der Waals surface area contributed by atoms with Gasteiger partial charge in [-0.25, -0.2) is 0 Å². The zero-order valence-corrected chi connectivity index (χ0v) is 12.9. The monoisotopic (exact) mass is 328 g/mol. The minimum atomic E-state index is -0.689. The largest absolute Gasteiger partial charge is 0.508 e. The highest BCUT2D eigenvalue weighted by Gasteiger charge is 2.21. The zero-order chi connectivity index (χ0) is 17.7. The number of rotatable bonds is 6. The normalized spacial score (nSPS) is 11.5. The van der Waals surface area contributed by atoms with Crippen LogP contribution in [0.25, 0.3) is 0 Å². The summed E-state index contributed by atoms with van der Waals surface area (Å²) < 4.78 is 0. The highest BCUT2D eigenvalue weighted by atomic mass is 16.6. The number of ketones is 1. The van der Waals surface area contributed by atoms with Gasteiger partial charge in [0.1, 0.15) is 5.75 Å². The van der Waals surface area contributed by atoms with E-state index in [2.05, 4.69) is 5.32 Å². The molecule has 0 aromatic heterocycles. The second-order valence-electron chi connectivity index (χ2n) is 5.24. The third kappa shape index (κ3) is 4.16. The number of aromatic hydroxyl groups is 1. The van der Waals surface area contributed by atoms with Crippen molar-refractivity contribution in [2.75, 3.05) is 0 Å². The van der Waals surface area contributed by atoms with Gasteiger partial charge in [-0.3, -0.25) is 19.7 Å². The number of nitro benzene ring substituents is 1. The van der Waals surface area contributed by atoms with Crippen LogP contribution < -0.4 is 5.32 Å². The quantitative estimate of drug-likeness (QED) is 0.481. The fourth-order valence-electron chi connectivity index (χ4n) is 2.34. The van der Waals surface area contributed by atoms with Crippen LogP contribution >= 0.6 is 0 Å². The number of hydrogen-bond acceptors (Lipinski definition) is 5. The Kier molecular flexibility index (Phi) is 5.26. The summed E-state index contributed by atoms with van der Waals surface area (Å²) in [5.74, 6) is -0.653. The number of Topliss-reactive ketones (excluding diaryl/α,β-unsaturated/α-hetero) is 1. The number of amides is 1. The van der Waals surface area contributed by atoms with Gasteiger partial charge in [-0.15, -0.1) is 0 Å². The minimum Gasteiger partial charge on any atom is -0.508 e. The number of phenolic OH excluding ortho intramolecular Hbond substituents is 1. The number of nitro groups is 1. The Morgan fingerprint density at radius 2 is 1.79 bits per heavy atom. The molecule has 0 aliphatic carbocycles. The molecule has 1 unspecified atom stereocenters. The van der Waals surface area contributed by atoms with Gasteiger partial charge in [0.2, 0.25) is 5.91 Å². The molecule has 0 bridgehead atoms. The molecule has 124 valence electrons. The number of phenols is 1. The van der Waals surface area contributed by atoms with E-state index in [0.717, 1.165) is 0 Å². The Bertz CT molecular complexity index is 771. The molecule has 1 atom stereocenters. The second-order valence-corrected chi connectivity index (χ2v) is 5.24. The van der Waals surface area contributed by atoms with E-state index in [4.69, 9.17) is 0 Å². The predicted octanol–water partition coefficient (Wildman–Crippen LogP) is 2.75. The number of carbonyl (C=O) groups is 2. The fourth-order valence-corrected chi connectivity index (χ4v) is 2.34. The summed E-state index contributed by atoms with van der Waals surface area (Å²) in [5, 5.41) is 23.2. The van der Waals surface area contributed by atoms with Gasteiger partial charge in [-0.05, 0) is 18.2 Å². The van der Waals surface area contributed by atoms with Crippen molar-refractivity contribution >= 4 is 17.4 Å². The van der Waals surface area contributed by atoms with E-state index in [-0.39, 0.29) is 29.5 Å². The van der Waals surface area contributed by atoms with Gasteiger partial charge in [-0.2, -0.15) is 0 Å². The molecule has 1 amide bonds. The van der Waals surface area contributed by atoms with Gasteiger partial charge < -0.3 is 10.4 Å². The molecule has 0 saturated heterocycles. The highest BCUT2D eigenvalue weighted by Crippen LogP contribution is 2.27. The van der Waals surface area contributed by atoms with Crippen molar-refractivity contribution in [1.82, 2.24) is 5.32 Å². The summed E-state index contributed by atoms with van der Waals surface area (Å²) in [6, 6.07) is 11.0. The first-order valence-corrected chi connectivity index (χ1v) is 7.21. The Morgan fingerprint density at radius 1 is 1.17 bits per heavy atom. The Hall–Kier alpha value is -3.22. The van der Waals surface area contributed by atoms with Gasteiger partial charge in [-0.1, -0.05) is 18.2 Å². The molecule has 2 aromatic carbocycles. The van der Waals surface area contributed by atoms with Crippen LogP contribution in [-0.4, -0.2) is 21.7 Å². The maximum Gasteiger partial charge on any atom is 0.269 e. The first-order chi connectivity index (χ1) is 11.4. The molecule has 2 N–H and O–H groups in total. The summed E-state index contributed by atoms with van der Waals surface area (Å²) in [6.45, 7) is 1.32. The van der Waals surface area contributed by atoms with Gasteiger partial charge >= 0.3 is 0 Å². The number of para-hydroxylation sites is 1. The topological polar surface area (TPSA) is 110 Å². The van der Waals surface area contributed by atoms with Gasteiger partial charge in [0, 0.05) is 36.6 Å². The first-order valence-electron chi connectivity index (χ1n) is 7.21. The zero-order valence-electron chi connectivity index (χ0n) is 12.9. The molecule has 0 aliphatic heterocycles. The lowest BCUT2D eigenvalue weighted by Crippen LogP contribution is -2.28. The molecule has 0 saturated carbocycles. The third-order valence-corrected chi connectivity index (χ3v) is 3.48. The molecule has 0 heterocycles. The maximum absolute atomic E-state index is 12.4. The lowest BCUT2D eigenvalue weighted by molar-refractivity contribution is -0.384. The SMILES string of the molecule is CC(=O)NC(CC(=O)c1ccc([N+](=O)[O-])cc1)c1ccccc1O. The van der Waals surface area contributed by atoms with Crippen LogP contribution in [0.3, 0.4) is 0 Å². The van der Waals surface area contributed by atoms with E-state index in [0.29, 0.717) is 11.1 Å². The number of carbonyl (C=O) groups excluding carboxylic acids is 2.